The maximum absolute atomic E-state index is 11.9. The van der Waals surface area contributed by atoms with Crippen molar-refractivity contribution in [3.63, 3.8) is 0 Å². The highest BCUT2D eigenvalue weighted by Crippen LogP contribution is 2.21. The molecular formula is C15H16N4O. The fraction of sp³-hybridized carbons (Fsp3) is 0.267. The van der Waals surface area contributed by atoms with Gasteiger partial charge in [0.1, 0.15) is 12.1 Å². The zero-order chi connectivity index (χ0) is 13.8. The molecule has 0 aromatic carbocycles. The van der Waals surface area contributed by atoms with Gasteiger partial charge < -0.3 is 5.32 Å². The summed E-state index contributed by atoms with van der Waals surface area (Å²) < 4.78 is 1.81. The molecule has 0 aliphatic heterocycles. The molecule has 2 heterocycles. The second-order valence-electron chi connectivity index (χ2n) is 4.89. The number of anilines is 1. The first-order chi connectivity index (χ1) is 9.81. The van der Waals surface area contributed by atoms with Gasteiger partial charge in [-0.15, -0.1) is 0 Å². The fourth-order valence-corrected chi connectivity index (χ4v) is 2.32. The van der Waals surface area contributed by atoms with Gasteiger partial charge in [-0.2, -0.15) is 0 Å². The minimum Gasteiger partial charge on any atom is -0.325 e. The highest BCUT2D eigenvalue weighted by atomic mass is 16.1. The van der Waals surface area contributed by atoms with E-state index in [1.807, 2.05) is 22.9 Å². The Bertz CT molecular complexity index is 601. The number of aromatic nitrogens is 3. The molecule has 0 saturated carbocycles. The molecule has 20 heavy (non-hydrogen) atoms. The van der Waals surface area contributed by atoms with E-state index in [0.29, 0.717) is 12.3 Å². The van der Waals surface area contributed by atoms with Crippen LogP contribution in [0.1, 0.15) is 19.3 Å². The fourth-order valence-electron chi connectivity index (χ4n) is 2.32. The molecule has 0 spiro atoms. The van der Waals surface area contributed by atoms with Crippen molar-refractivity contribution < 1.29 is 4.79 Å². The van der Waals surface area contributed by atoms with Crippen molar-refractivity contribution in [1.29, 1.82) is 0 Å². The standard InChI is InChI=1S/C15H16N4O/c20-15(9-12-3-1-2-4-12)18-13-5-6-14(17-10-13)19-8-7-16-11-19/h1,3,5-8,10-12H,2,4,9H2,(H,18,20)/t12-/m1/s1. The second kappa shape index (κ2) is 5.69. The SMILES string of the molecule is O=C(C[C@@H]1C=CCC1)Nc1ccc(-n2ccnc2)nc1. The molecular weight excluding hydrogens is 252 g/mol. The number of allylic oxidation sites excluding steroid dienone is 2. The van der Waals surface area contributed by atoms with Crippen LogP contribution in [0.5, 0.6) is 0 Å². The van der Waals surface area contributed by atoms with Crippen molar-refractivity contribution in [1.82, 2.24) is 14.5 Å². The van der Waals surface area contributed by atoms with Gasteiger partial charge in [0.25, 0.3) is 0 Å². The lowest BCUT2D eigenvalue weighted by Crippen LogP contribution is -2.15. The minimum absolute atomic E-state index is 0.0405. The maximum atomic E-state index is 11.9. The number of imidazole rings is 1. The van der Waals surface area contributed by atoms with Crippen molar-refractivity contribution in [2.24, 2.45) is 5.92 Å². The molecule has 3 rings (SSSR count). The number of rotatable bonds is 4. The quantitative estimate of drug-likeness (QED) is 0.867. The van der Waals surface area contributed by atoms with Gasteiger partial charge in [0, 0.05) is 18.8 Å². The molecule has 1 amide bonds. The van der Waals surface area contributed by atoms with Crippen LogP contribution in [0.15, 0.2) is 49.2 Å². The van der Waals surface area contributed by atoms with Gasteiger partial charge in [-0.1, -0.05) is 12.2 Å². The van der Waals surface area contributed by atoms with E-state index in [1.54, 1.807) is 18.7 Å². The van der Waals surface area contributed by atoms with Crippen molar-refractivity contribution in [2.45, 2.75) is 19.3 Å². The van der Waals surface area contributed by atoms with Crippen LogP contribution in [0.25, 0.3) is 5.82 Å². The Hall–Kier alpha value is -2.43. The summed E-state index contributed by atoms with van der Waals surface area (Å²) in [5, 5.41) is 2.88. The van der Waals surface area contributed by atoms with Crippen LogP contribution in [0.3, 0.4) is 0 Å². The largest absolute Gasteiger partial charge is 0.325 e. The summed E-state index contributed by atoms with van der Waals surface area (Å²) in [7, 11) is 0. The molecule has 1 N–H and O–H groups in total. The van der Waals surface area contributed by atoms with E-state index in [-0.39, 0.29) is 5.91 Å². The van der Waals surface area contributed by atoms with Gasteiger partial charge in [0.05, 0.1) is 11.9 Å². The van der Waals surface area contributed by atoms with E-state index in [1.165, 1.54) is 0 Å². The molecule has 1 aliphatic carbocycles. The summed E-state index contributed by atoms with van der Waals surface area (Å²) in [5.41, 5.74) is 0.723. The molecule has 1 atom stereocenters. The third kappa shape index (κ3) is 2.93. The second-order valence-corrected chi connectivity index (χ2v) is 4.89. The van der Waals surface area contributed by atoms with E-state index < -0.39 is 0 Å². The van der Waals surface area contributed by atoms with Crippen LogP contribution in [0.2, 0.25) is 0 Å². The highest BCUT2D eigenvalue weighted by Gasteiger charge is 2.14. The Kier molecular flexibility index (Phi) is 3.58. The van der Waals surface area contributed by atoms with Gasteiger partial charge in [-0.25, -0.2) is 9.97 Å². The summed E-state index contributed by atoms with van der Waals surface area (Å²) in [6.07, 6.45) is 13.8. The number of carbonyl (C=O) groups excluding carboxylic acids is 1. The zero-order valence-corrected chi connectivity index (χ0v) is 11.1. The summed E-state index contributed by atoms with van der Waals surface area (Å²) in [5.74, 6) is 1.20. The summed E-state index contributed by atoms with van der Waals surface area (Å²) in [6.45, 7) is 0. The first-order valence-electron chi connectivity index (χ1n) is 6.72. The number of amides is 1. The molecule has 0 saturated heterocycles. The van der Waals surface area contributed by atoms with Crippen LogP contribution >= 0.6 is 0 Å². The van der Waals surface area contributed by atoms with E-state index in [0.717, 1.165) is 24.3 Å². The van der Waals surface area contributed by atoms with Crippen LogP contribution in [-0.2, 0) is 4.79 Å². The third-order valence-corrected chi connectivity index (χ3v) is 3.36. The number of nitrogens with one attached hydrogen (secondary N) is 1. The zero-order valence-electron chi connectivity index (χ0n) is 11.1. The van der Waals surface area contributed by atoms with Crippen LogP contribution in [0.4, 0.5) is 5.69 Å². The van der Waals surface area contributed by atoms with Gasteiger partial charge in [-0.05, 0) is 30.9 Å². The molecule has 0 radical (unpaired) electrons. The molecule has 0 bridgehead atoms. The first-order valence-corrected chi connectivity index (χ1v) is 6.72. The van der Waals surface area contributed by atoms with Gasteiger partial charge in [0.2, 0.25) is 5.91 Å². The summed E-state index contributed by atoms with van der Waals surface area (Å²) >= 11 is 0. The highest BCUT2D eigenvalue weighted by molar-refractivity contribution is 5.90. The number of pyridine rings is 1. The number of carbonyl (C=O) groups is 1. The first kappa shape index (κ1) is 12.6. The molecule has 1 aliphatic rings. The molecule has 5 heteroatoms. The Morgan fingerprint density at radius 3 is 3.05 bits per heavy atom. The smallest absolute Gasteiger partial charge is 0.225 e. The van der Waals surface area contributed by atoms with Gasteiger partial charge in [-0.3, -0.25) is 9.36 Å². The van der Waals surface area contributed by atoms with Gasteiger partial charge >= 0.3 is 0 Å². The summed E-state index contributed by atoms with van der Waals surface area (Å²) in [6, 6.07) is 3.71. The number of hydrogen-bond donors (Lipinski definition) is 1. The van der Waals surface area contributed by atoms with E-state index >= 15 is 0 Å². The van der Waals surface area contributed by atoms with Crippen LogP contribution in [0, 0.1) is 5.92 Å². The predicted molar refractivity (Wildman–Crippen MR) is 76.5 cm³/mol. The predicted octanol–water partition coefficient (Wildman–Crippen LogP) is 2.56. The van der Waals surface area contributed by atoms with E-state index in [2.05, 4.69) is 27.4 Å². The van der Waals surface area contributed by atoms with Crippen molar-refractivity contribution in [2.75, 3.05) is 5.32 Å². The van der Waals surface area contributed by atoms with Crippen molar-refractivity contribution >= 4 is 11.6 Å². The molecule has 102 valence electrons. The molecule has 2 aromatic heterocycles. The summed E-state index contributed by atoms with van der Waals surface area (Å²) in [4.78, 5) is 20.2. The van der Waals surface area contributed by atoms with Crippen molar-refractivity contribution in [3.8, 4) is 5.82 Å². The van der Waals surface area contributed by atoms with Gasteiger partial charge in [0.15, 0.2) is 0 Å². The lowest BCUT2D eigenvalue weighted by Gasteiger charge is -2.09. The topological polar surface area (TPSA) is 59.8 Å². The number of hydrogen-bond acceptors (Lipinski definition) is 3. The lowest BCUT2D eigenvalue weighted by molar-refractivity contribution is -0.116. The monoisotopic (exact) mass is 268 g/mol. The van der Waals surface area contributed by atoms with E-state index in [4.69, 9.17) is 0 Å². The molecule has 0 unspecified atom stereocenters. The van der Waals surface area contributed by atoms with Crippen LogP contribution in [-0.4, -0.2) is 20.4 Å². The van der Waals surface area contributed by atoms with Crippen LogP contribution < -0.4 is 5.32 Å². The Balaban J connectivity index is 1.60. The maximum Gasteiger partial charge on any atom is 0.225 e. The average Bonchev–Trinajstić information content (AvgIpc) is 3.12. The third-order valence-electron chi connectivity index (χ3n) is 3.36. The Labute approximate surface area is 117 Å². The molecule has 0 fully saturated rings. The minimum atomic E-state index is 0.0405. The number of nitrogens with zero attached hydrogens (tertiary/aromatic N) is 3. The van der Waals surface area contributed by atoms with Crippen molar-refractivity contribution in [3.05, 3.63) is 49.2 Å². The Morgan fingerprint density at radius 2 is 2.40 bits per heavy atom. The molecule has 5 nitrogen and oxygen atoms in total. The normalized spacial score (nSPS) is 17.3. The Morgan fingerprint density at radius 1 is 1.45 bits per heavy atom. The molecule has 2 aromatic rings. The lowest BCUT2D eigenvalue weighted by atomic mass is 10.1. The van der Waals surface area contributed by atoms with E-state index in [9.17, 15) is 4.79 Å². The average molecular weight is 268 g/mol.